The number of rotatable bonds is 5. The molecule has 4 heteroatoms. The molecule has 4 nitrogen and oxygen atoms in total. The molecule has 110 valence electrons. The fraction of sp³-hybridized carbons (Fsp3) is 0.562. The van der Waals surface area contributed by atoms with E-state index in [1.54, 1.807) is 6.07 Å². The summed E-state index contributed by atoms with van der Waals surface area (Å²) in [6, 6.07) is 6.25. The third kappa shape index (κ3) is 3.51. The number of para-hydroxylation sites is 1. The molecule has 0 radical (unpaired) electrons. The summed E-state index contributed by atoms with van der Waals surface area (Å²) in [5.41, 5.74) is 8.04. The molecule has 0 heterocycles. The van der Waals surface area contributed by atoms with Gasteiger partial charge < -0.3 is 16.0 Å². The van der Waals surface area contributed by atoms with Gasteiger partial charge in [0.2, 0.25) is 0 Å². The molecule has 0 aromatic heterocycles. The first kappa shape index (κ1) is 14.9. The van der Waals surface area contributed by atoms with Crippen molar-refractivity contribution in [3.63, 3.8) is 0 Å². The fourth-order valence-corrected chi connectivity index (χ4v) is 2.85. The average Bonchev–Trinajstić information content (AvgIpc) is 2.95. The van der Waals surface area contributed by atoms with E-state index in [0.29, 0.717) is 23.8 Å². The molecular formula is C16H25N3O. The van der Waals surface area contributed by atoms with E-state index in [1.165, 1.54) is 25.7 Å². The summed E-state index contributed by atoms with van der Waals surface area (Å²) in [4.78, 5) is 14.5. The molecule has 20 heavy (non-hydrogen) atoms. The number of benzene rings is 1. The molecule has 0 atom stereocenters. The minimum atomic E-state index is -0.0778. The number of carbonyl (C=O) groups excluding carboxylic acids is 1. The van der Waals surface area contributed by atoms with E-state index in [9.17, 15) is 4.79 Å². The van der Waals surface area contributed by atoms with Crippen LogP contribution < -0.4 is 11.1 Å². The molecule has 0 bridgehead atoms. The number of nitrogens with two attached hydrogens (primary N) is 1. The molecule has 0 spiro atoms. The lowest BCUT2D eigenvalue weighted by Gasteiger charge is -2.24. The summed E-state index contributed by atoms with van der Waals surface area (Å²) in [5, 5.41) is 2.96. The number of nitrogens with one attached hydrogen (secondary N) is 1. The van der Waals surface area contributed by atoms with E-state index in [1.807, 2.05) is 19.1 Å². The molecule has 1 aromatic rings. The molecule has 0 saturated heterocycles. The van der Waals surface area contributed by atoms with Gasteiger partial charge in [0.1, 0.15) is 0 Å². The molecule has 1 aliphatic carbocycles. The zero-order chi connectivity index (χ0) is 14.5. The number of hydrogen-bond acceptors (Lipinski definition) is 3. The Labute approximate surface area is 121 Å². The van der Waals surface area contributed by atoms with Crippen LogP contribution in [-0.2, 0) is 0 Å². The Kier molecular flexibility index (Phi) is 5.01. The Morgan fingerprint density at radius 1 is 1.40 bits per heavy atom. The molecule has 0 aliphatic heterocycles. The molecule has 3 N–H and O–H groups in total. The maximum atomic E-state index is 12.1. The van der Waals surface area contributed by atoms with E-state index >= 15 is 0 Å². The van der Waals surface area contributed by atoms with Crippen molar-refractivity contribution < 1.29 is 4.79 Å². The molecule has 1 fully saturated rings. The Hall–Kier alpha value is -1.55. The van der Waals surface area contributed by atoms with Crippen LogP contribution in [0.15, 0.2) is 18.2 Å². The zero-order valence-electron chi connectivity index (χ0n) is 12.5. The average molecular weight is 275 g/mol. The second kappa shape index (κ2) is 6.75. The summed E-state index contributed by atoms with van der Waals surface area (Å²) in [5.74, 6) is -0.0778. The number of hydrogen-bond donors (Lipinski definition) is 2. The second-order valence-corrected chi connectivity index (χ2v) is 5.71. The van der Waals surface area contributed by atoms with Crippen molar-refractivity contribution in [3.05, 3.63) is 29.3 Å². The van der Waals surface area contributed by atoms with E-state index < -0.39 is 0 Å². The third-order valence-electron chi connectivity index (χ3n) is 4.27. The van der Waals surface area contributed by atoms with Crippen molar-refractivity contribution in [3.8, 4) is 0 Å². The highest BCUT2D eigenvalue weighted by Gasteiger charge is 2.19. The number of nitrogen functional groups attached to an aromatic ring is 1. The van der Waals surface area contributed by atoms with Crippen LogP contribution in [0.3, 0.4) is 0 Å². The van der Waals surface area contributed by atoms with E-state index in [4.69, 9.17) is 5.73 Å². The van der Waals surface area contributed by atoms with Gasteiger partial charge in [-0.1, -0.05) is 25.0 Å². The quantitative estimate of drug-likeness (QED) is 0.810. The van der Waals surface area contributed by atoms with Crippen LogP contribution in [0.1, 0.15) is 41.6 Å². The summed E-state index contributed by atoms with van der Waals surface area (Å²) in [6.07, 6.45) is 5.24. The molecule has 2 rings (SSSR count). The van der Waals surface area contributed by atoms with Gasteiger partial charge in [-0.3, -0.25) is 4.79 Å². The fourth-order valence-electron chi connectivity index (χ4n) is 2.85. The molecule has 1 saturated carbocycles. The number of carbonyl (C=O) groups is 1. The lowest BCUT2D eigenvalue weighted by molar-refractivity contribution is 0.0948. The van der Waals surface area contributed by atoms with Gasteiger partial charge in [-0.25, -0.2) is 0 Å². The lowest BCUT2D eigenvalue weighted by Crippen LogP contribution is -2.37. The lowest BCUT2D eigenvalue weighted by atomic mass is 10.1. The van der Waals surface area contributed by atoms with Gasteiger partial charge in [0, 0.05) is 24.8 Å². The maximum Gasteiger partial charge on any atom is 0.253 e. The van der Waals surface area contributed by atoms with E-state index in [2.05, 4.69) is 17.3 Å². The van der Waals surface area contributed by atoms with Gasteiger partial charge in [0.25, 0.3) is 5.91 Å². The van der Waals surface area contributed by atoms with Crippen molar-refractivity contribution in [1.82, 2.24) is 10.2 Å². The van der Waals surface area contributed by atoms with Crippen LogP contribution in [0.5, 0.6) is 0 Å². The van der Waals surface area contributed by atoms with Gasteiger partial charge in [-0.15, -0.1) is 0 Å². The van der Waals surface area contributed by atoms with Gasteiger partial charge in [-0.05, 0) is 38.4 Å². The second-order valence-electron chi connectivity index (χ2n) is 5.71. The molecule has 0 unspecified atom stereocenters. The summed E-state index contributed by atoms with van der Waals surface area (Å²) >= 11 is 0. The van der Waals surface area contributed by atoms with Crippen LogP contribution in [-0.4, -0.2) is 37.0 Å². The van der Waals surface area contributed by atoms with Crippen molar-refractivity contribution in [2.75, 3.05) is 25.9 Å². The van der Waals surface area contributed by atoms with Crippen LogP contribution in [0.4, 0.5) is 5.69 Å². The first-order chi connectivity index (χ1) is 9.59. The smallest absolute Gasteiger partial charge is 0.253 e. The van der Waals surface area contributed by atoms with Crippen molar-refractivity contribution in [2.45, 2.75) is 38.6 Å². The van der Waals surface area contributed by atoms with Gasteiger partial charge in [0.15, 0.2) is 0 Å². The van der Waals surface area contributed by atoms with Crippen molar-refractivity contribution in [1.29, 1.82) is 0 Å². The Balaban J connectivity index is 1.81. The number of amides is 1. The maximum absolute atomic E-state index is 12.1. The van der Waals surface area contributed by atoms with E-state index in [0.717, 1.165) is 12.1 Å². The predicted octanol–water partition coefficient (Wildman–Crippen LogP) is 2.18. The normalized spacial score (nSPS) is 15.8. The highest BCUT2D eigenvalue weighted by Crippen LogP contribution is 2.22. The monoisotopic (exact) mass is 275 g/mol. The van der Waals surface area contributed by atoms with Crippen LogP contribution in [0.2, 0.25) is 0 Å². The van der Waals surface area contributed by atoms with E-state index in [-0.39, 0.29) is 5.91 Å². The molecule has 1 amide bonds. The van der Waals surface area contributed by atoms with Gasteiger partial charge in [0.05, 0.1) is 5.56 Å². The third-order valence-corrected chi connectivity index (χ3v) is 4.27. The highest BCUT2D eigenvalue weighted by atomic mass is 16.1. The first-order valence-electron chi connectivity index (χ1n) is 7.43. The number of likely N-dealkylation sites (N-methyl/N-ethyl adjacent to an activating group) is 1. The standard InChI is InChI=1S/C16H25N3O/c1-12-6-5-9-14(15(12)17)16(20)18-10-11-19(2)13-7-3-4-8-13/h5-6,9,13H,3-4,7-8,10-11,17H2,1-2H3,(H,18,20). The first-order valence-corrected chi connectivity index (χ1v) is 7.43. The largest absolute Gasteiger partial charge is 0.398 e. The summed E-state index contributed by atoms with van der Waals surface area (Å²) in [7, 11) is 2.14. The molecular weight excluding hydrogens is 250 g/mol. The van der Waals surface area contributed by atoms with Gasteiger partial charge >= 0.3 is 0 Å². The topological polar surface area (TPSA) is 58.4 Å². The minimum Gasteiger partial charge on any atom is -0.398 e. The Morgan fingerprint density at radius 3 is 2.80 bits per heavy atom. The SMILES string of the molecule is Cc1cccc(C(=O)NCCN(C)C2CCCC2)c1N. The number of anilines is 1. The minimum absolute atomic E-state index is 0.0778. The van der Waals surface area contributed by atoms with Crippen molar-refractivity contribution in [2.24, 2.45) is 0 Å². The summed E-state index contributed by atoms with van der Waals surface area (Å²) < 4.78 is 0. The van der Waals surface area contributed by atoms with Crippen LogP contribution >= 0.6 is 0 Å². The Morgan fingerprint density at radius 2 is 2.10 bits per heavy atom. The highest BCUT2D eigenvalue weighted by molar-refractivity contribution is 5.99. The zero-order valence-corrected chi connectivity index (χ0v) is 12.5. The predicted molar refractivity (Wildman–Crippen MR) is 82.8 cm³/mol. The number of nitrogens with zero attached hydrogens (tertiary/aromatic N) is 1. The van der Waals surface area contributed by atoms with Crippen LogP contribution in [0.25, 0.3) is 0 Å². The molecule has 1 aromatic carbocycles. The van der Waals surface area contributed by atoms with Gasteiger partial charge in [-0.2, -0.15) is 0 Å². The molecule has 1 aliphatic rings. The Bertz CT molecular complexity index is 467. The number of aryl methyl sites for hydroxylation is 1. The summed E-state index contributed by atoms with van der Waals surface area (Å²) in [6.45, 7) is 3.47. The van der Waals surface area contributed by atoms with Crippen molar-refractivity contribution >= 4 is 11.6 Å². The van der Waals surface area contributed by atoms with Crippen LogP contribution in [0, 0.1) is 6.92 Å².